The number of aliphatic imine (C=N–C) groups is 1. The summed E-state index contributed by atoms with van der Waals surface area (Å²) in [7, 11) is 0. The average Bonchev–Trinajstić information content (AvgIpc) is 2.41. The Hall–Kier alpha value is -1.06. The van der Waals surface area contributed by atoms with Gasteiger partial charge in [0.2, 0.25) is 0 Å². The Bertz CT molecular complexity index is 387. The van der Waals surface area contributed by atoms with Crippen LogP contribution in [0.3, 0.4) is 0 Å². The molecular weight excluding hydrogens is 226 g/mol. The van der Waals surface area contributed by atoms with Gasteiger partial charge >= 0.3 is 6.03 Å². The van der Waals surface area contributed by atoms with Crippen LogP contribution in [0.15, 0.2) is 4.99 Å². The smallest absolute Gasteiger partial charge is 0.346 e. The predicted octanol–water partition coefficient (Wildman–Crippen LogP) is 2.77. The van der Waals surface area contributed by atoms with Gasteiger partial charge in [-0.2, -0.15) is 4.99 Å². The minimum Gasteiger partial charge on any atom is -0.385 e. The summed E-state index contributed by atoms with van der Waals surface area (Å²) >= 11 is 0. The van der Waals surface area contributed by atoms with E-state index in [0.29, 0.717) is 11.8 Å². The monoisotopic (exact) mass is 251 g/mol. The van der Waals surface area contributed by atoms with E-state index in [1.807, 2.05) is 4.90 Å². The van der Waals surface area contributed by atoms with E-state index in [0.717, 1.165) is 25.8 Å². The second-order valence-electron chi connectivity index (χ2n) is 7.01. The topological polar surface area (TPSA) is 58.7 Å². The second kappa shape index (κ2) is 4.25. The van der Waals surface area contributed by atoms with Crippen molar-refractivity contribution in [1.82, 2.24) is 4.90 Å². The van der Waals surface area contributed by atoms with Crippen molar-refractivity contribution < 1.29 is 4.79 Å². The van der Waals surface area contributed by atoms with Gasteiger partial charge in [-0.15, -0.1) is 0 Å². The number of hydrogen-bond acceptors (Lipinski definition) is 2. The van der Waals surface area contributed by atoms with Crippen LogP contribution in [-0.4, -0.2) is 28.9 Å². The number of amidine groups is 1. The Balaban J connectivity index is 2.32. The third-order valence-electron chi connectivity index (χ3n) is 4.20. The molecule has 18 heavy (non-hydrogen) atoms. The number of carbonyl (C=O) groups is 1. The third-order valence-corrected chi connectivity index (χ3v) is 4.20. The summed E-state index contributed by atoms with van der Waals surface area (Å²) in [5, 5.41) is 0. The molecule has 0 radical (unpaired) electrons. The number of hydrogen-bond donors (Lipinski definition) is 1. The SMILES string of the molecule is CC(C)CN1C(=O)N=C(N)C12CCCC(C)(C)C2. The quantitative estimate of drug-likeness (QED) is 0.820. The lowest BCUT2D eigenvalue weighted by molar-refractivity contribution is 0.0797. The molecule has 1 heterocycles. The van der Waals surface area contributed by atoms with E-state index in [-0.39, 0.29) is 17.0 Å². The second-order valence-corrected chi connectivity index (χ2v) is 7.01. The normalized spacial score (nSPS) is 31.3. The van der Waals surface area contributed by atoms with Crippen molar-refractivity contribution in [2.75, 3.05) is 6.54 Å². The summed E-state index contributed by atoms with van der Waals surface area (Å²) in [6.07, 6.45) is 4.22. The Morgan fingerprint density at radius 1 is 1.39 bits per heavy atom. The first kappa shape index (κ1) is 13.4. The lowest BCUT2D eigenvalue weighted by atomic mass is 9.67. The molecule has 0 aromatic rings. The number of rotatable bonds is 2. The van der Waals surface area contributed by atoms with E-state index in [9.17, 15) is 4.79 Å². The molecule has 1 unspecified atom stereocenters. The van der Waals surface area contributed by atoms with Crippen molar-refractivity contribution in [3.8, 4) is 0 Å². The molecule has 2 aliphatic rings. The zero-order chi connectivity index (χ0) is 13.6. The average molecular weight is 251 g/mol. The molecule has 2 N–H and O–H groups in total. The molecule has 1 aliphatic heterocycles. The van der Waals surface area contributed by atoms with Crippen molar-refractivity contribution >= 4 is 11.9 Å². The van der Waals surface area contributed by atoms with E-state index in [1.165, 1.54) is 6.42 Å². The predicted molar refractivity (Wildman–Crippen MR) is 73.5 cm³/mol. The molecule has 2 rings (SSSR count). The molecule has 1 spiro atoms. The van der Waals surface area contributed by atoms with Crippen LogP contribution >= 0.6 is 0 Å². The van der Waals surface area contributed by atoms with E-state index in [2.05, 4.69) is 32.7 Å². The number of nitrogens with two attached hydrogens (primary N) is 1. The largest absolute Gasteiger partial charge is 0.385 e. The zero-order valence-corrected chi connectivity index (χ0v) is 12.0. The van der Waals surface area contributed by atoms with Crippen LogP contribution < -0.4 is 5.73 Å². The molecule has 102 valence electrons. The van der Waals surface area contributed by atoms with Crippen LogP contribution in [0.2, 0.25) is 0 Å². The molecule has 0 aromatic carbocycles. The third kappa shape index (κ3) is 2.13. The lowest BCUT2D eigenvalue weighted by Crippen LogP contribution is -2.58. The van der Waals surface area contributed by atoms with Crippen molar-refractivity contribution in [3.63, 3.8) is 0 Å². The van der Waals surface area contributed by atoms with E-state index >= 15 is 0 Å². The highest BCUT2D eigenvalue weighted by Gasteiger charge is 2.52. The Morgan fingerprint density at radius 3 is 2.61 bits per heavy atom. The van der Waals surface area contributed by atoms with Gasteiger partial charge in [0, 0.05) is 6.54 Å². The van der Waals surface area contributed by atoms with Gasteiger partial charge in [-0.05, 0) is 30.6 Å². The van der Waals surface area contributed by atoms with E-state index in [1.54, 1.807) is 0 Å². The van der Waals surface area contributed by atoms with E-state index < -0.39 is 0 Å². The van der Waals surface area contributed by atoms with Crippen LogP contribution in [0.25, 0.3) is 0 Å². The Morgan fingerprint density at radius 2 is 2.06 bits per heavy atom. The molecule has 0 saturated heterocycles. The lowest BCUT2D eigenvalue weighted by Gasteiger charge is -2.47. The summed E-state index contributed by atoms with van der Waals surface area (Å²) in [4.78, 5) is 18.0. The number of carbonyl (C=O) groups excluding carboxylic acids is 1. The zero-order valence-electron chi connectivity index (χ0n) is 12.0. The molecule has 2 amide bonds. The molecule has 1 saturated carbocycles. The maximum Gasteiger partial charge on any atom is 0.346 e. The molecule has 4 nitrogen and oxygen atoms in total. The summed E-state index contributed by atoms with van der Waals surface area (Å²) in [6, 6.07) is -0.140. The van der Waals surface area contributed by atoms with Crippen LogP contribution in [0.4, 0.5) is 4.79 Å². The summed E-state index contributed by atoms with van der Waals surface area (Å²) < 4.78 is 0. The number of urea groups is 1. The van der Waals surface area contributed by atoms with Crippen molar-refractivity contribution in [2.45, 2.75) is 58.9 Å². The minimum absolute atomic E-state index is 0.140. The molecule has 1 atom stereocenters. The summed E-state index contributed by atoms with van der Waals surface area (Å²) in [6.45, 7) is 9.53. The van der Waals surface area contributed by atoms with Gasteiger partial charge in [-0.1, -0.05) is 34.1 Å². The maximum atomic E-state index is 12.1. The van der Waals surface area contributed by atoms with Crippen LogP contribution in [-0.2, 0) is 0 Å². The molecule has 1 fully saturated rings. The standard InChI is InChI=1S/C14H25N3O/c1-10(2)8-17-12(18)16-11(15)14(17)7-5-6-13(3,4)9-14/h10H,5-9H2,1-4H3,(H2,15,16,18). The van der Waals surface area contributed by atoms with Gasteiger partial charge in [-0.3, -0.25) is 0 Å². The highest BCUT2D eigenvalue weighted by molar-refractivity contribution is 6.05. The van der Waals surface area contributed by atoms with Gasteiger partial charge in [-0.25, -0.2) is 4.79 Å². The molecular formula is C14H25N3O. The van der Waals surface area contributed by atoms with Crippen molar-refractivity contribution in [3.05, 3.63) is 0 Å². The molecule has 4 heteroatoms. The summed E-state index contributed by atoms with van der Waals surface area (Å²) in [5.74, 6) is 0.984. The van der Waals surface area contributed by atoms with Crippen molar-refractivity contribution in [2.24, 2.45) is 22.1 Å². The Kier molecular flexibility index (Phi) is 3.16. The molecule has 0 aromatic heterocycles. The van der Waals surface area contributed by atoms with Gasteiger partial charge in [0.25, 0.3) is 0 Å². The highest BCUT2D eigenvalue weighted by Crippen LogP contribution is 2.46. The fourth-order valence-electron chi connectivity index (χ4n) is 3.48. The Labute approximate surface area is 110 Å². The molecule has 0 bridgehead atoms. The van der Waals surface area contributed by atoms with Crippen molar-refractivity contribution in [1.29, 1.82) is 0 Å². The number of nitrogens with zero attached hydrogens (tertiary/aromatic N) is 2. The summed E-state index contributed by atoms with van der Waals surface area (Å²) in [5.41, 5.74) is 6.04. The fourth-order valence-corrected chi connectivity index (χ4v) is 3.48. The van der Waals surface area contributed by atoms with Gasteiger partial charge in [0.05, 0.1) is 0 Å². The molecule has 1 aliphatic carbocycles. The minimum atomic E-state index is -0.302. The first-order chi connectivity index (χ1) is 8.27. The first-order valence-electron chi connectivity index (χ1n) is 6.93. The van der Waals surface area contributed by atoms with Crippen LogP contribution in [0.1, 0.15) is 53.4 Å². The number of amides is 2. The first-order valence-corrected chi connectivity index (χ1v) is 6.93. The van der Waals surface area contributed by atoms with Gasteiger partial charge < -0.3 is 10.6 Å². The van der Waals surface area contributed by atoms with Gasteiger partial charge in [0.15, 0.2) is 0 Å². The van der Waals surface area contributed by atoms with Crippen LogP contribution in [0, 0.1) is 11.3 Å². The van der Waals surface area contributed by atoms with Gasteiger partial charge in [0.1, 0.15) is 11.4 Å². The van der Waals surface area contributed by atoms with Crippen LogP contribution in [0.5, 0.6) is 0 Å². The highest BCUT2D eigenvalue weighted by atomic mass is 16.2. The van der Waals surface area contributed by atoms with E-state index in [4.69, 9.17) is 5.73 Å². The maximum absolute atomic E-state index is 12.1. The fraction of sp³-hybridized carbons (Fsp3) is 0.857.